The Hall–Kier alpha value is -8.50. The standard InChI is InChI=1S/C24H28F2N4O3.C22H22F2N4O.C22H22N4O2.2CH4/c1-14(15-4-3-5-17-16(15)6-7-24(17,25)26)29-21-20(22-32-10-11-33-22)18(27-13-28-21)12-19(31)30-23(2)8-9-23;1-13(14-4-3-5-17-15(14)6-7-22(17,23)24)27-20-16-11-28(21(2)8-9-21)19(29)10-18(16)25-12-26-20;1-13(14-4-3-5-16-15(14)6-7-19(16)27)25-21-17-11-26(22(2)8-9-22)20(28)10-18(17)23-12-24-21;;/h3-5,13-14,22H,6-12H2,1-2H3,(H,30,31)(H,27,28,29);3-5,10-13H,6-9H2,1-2H3,(H,25,26,27);3-5,10-13H,6-9H2,1-2H3,(H,23,24,25);2*1H4/t14-;2*13-;;/m111../s1. The summed E-state index contributed by atoms with van der Waals surface area (Å²) in [4.78, 5) is 75.8. The molecule has 4 N–H and O–H groups in total. The second-order valence-corrected chi connectivity index (χ2v) is 26.0. The molecule has 5 aromatic heterocycles. The highest BCUT2D eigenvalue weighted by molar-refractivity contribution is 6.01. The number of ketones is 1. The van der Waals surface area contributed by atoms with E-state index in [9.17, 15) is 36.7 Å². The first-order valence-corrected chi connectivity index (χ1v) is 31.1. The summed E-state index contributed by atoms with van der Waals surface area (Å²) in [5.74, 6) is -3.67. The van der Waals surface area contributed by atoms with Crippen LogP contribution in [0.1, 0.15) is 205 Å². The lowest BCUT2D eigenvalue weighted by molar-refractivity contribution is -0.121. The molecule has 7 aliphatic rings. The SMILES string of the molecule is C.C.C[C@@H](Nc1ncnc(CC(=O)NC2(C)CC2)c1C1OCCO1)c1cccc2c1CCC2(F)F.C[C@@H](Nc1ncnc2cc(=O)n(C3(C)CC3)cc12)c1cccc2c1CCC2(F)F.C[C@@H](Nc1ncnc2cc(=O)n(C3(C)CC3)cc12)c1cccc2c1CCC2=O. The molecule has 92 heavy (non-hydrogen) atoms. The second kappa shape index (κ2) is 24.8. The van der Waals surface area contributed by atoms with E-state index in [0.29, 0.717) is 77.8 Å². The van der Waals surface area contributed by atoms with Gasteiger partial charge in [0, 0.05) is 77.1 Å². The maximum absolute atomic E-state index is 14.3. The molecule has 0 bridgehead atoms. The van der Waals surface area contributed by atoms with Crippen molar-refractivity contribution < 1.29 is 36.6 Å². The molecule has 1 amide bonds. The zero-order valence-electron chi connectivity index (χ0n) is 51.2. The van der Waals surface area contributed by atoms with Crippen molar-refractivity contribution in [2.45, 2.75) is 193 Å². The van der Waals surface area contributed by atoms with Crippen LogP contribution in [0.2, 0.25) is 0 Å². The second-order valence-electron chi connectivity index (χ2n) is 26.0. The molecule has 18 nitrogen and oxygen atoms in total. The predicted octanol–water partition coefficient (Wildman–Crippen LogP) is 13.3. The van der Waals surface area contributed by atoms with Crippen LogP contribution in [0, 0.1) is 0 Å². The molecule has 6 heterocycles. The maximum Gasteiger partial charge on any atom is 0.273 e. The quantitative estimate of drug-likeness (QED) is 0.0701. The lowest BCUT2D eigenvalue weighted by Gasteiger charge is -2.23. The van der Waals surface area contributed by atoms with E-state index in [1.165, 1.54) is 37.2 Å². The first kappa shape index (κ1) is 65.0. The van der Waals surface area contributed by atoms with E-state index >= 15 is 0 Å². The van der Waals surface area contributed by atoms with Gasteiger partial charge >= 0.3 is 0 Å². The molecule has 0 unspecified atom stereocenters. The lowest BCUT2D eigenvalue weighted by Crippen LogP contribution is -2.35. The number of alkyl halides is 4. The van der Waals surface area contributed by atoms with Crippen LogP contribution in [-0.4, -0.2) is 69.5 Å². The van der Waals surface area contributed by atoms with Crippen molar-refractivity contribution in [1.82, 2.24) is 44.4 Å². The zero-order chi connectivity index (χ0) is 63.1. The highest BCUT2D eigenvalue weighted by atomic mass is 19.3. The van der Waals surface area contributed by atoms with Crippen LogP contribution in [0.25, 0.3) is 21.8 Å². The number of fused-ring (bicyclic) bond motifs is 5. The van der Waals surface area contributed by atoms with Crippen molar-refractivity contribution in [2.24, 2.45) is 0 Å². The van der Waals surface area contributed by atoms with Gasteiger partial charge in [-0.3, -0.25) is 19.2 Å². The number of aromatic nitrogens is 8. The average Bonchev–Trinajstić information content (AvgIpc) is 1.54. The molecule has 22 heteroatoms. The molecule has 3 atom stereocenters. The van der Waals surface area contributed by atoms with Gasteiger partial charge in [-0.15, -0.1) is 0 Å². The van der Waals surface area contributed by atoms with Gasteiger partial charge < -0.3 is 39.9 Å². The van der Waals surface area contributed by atoms with E-state index in [1.54, 1.807) is 22.8 Å². The number of benzene rings is 3. The lowest BCUT2D eigenvalue weighted by atomic mass is 9.97. The summed E-state index contributed by atoms with van der Waals surface area (Å²) in [6, 6.07) is 18.7. The molecule has 0 spiro atoms. The number of halogens is 4. The summed E-state index contributed by atoms with van der Waals surface area (Å²) < 4.78 is 71.8. The number of anilines is 3. The minimum absolute atomic E-state index is 0. The van der Waals surface area contributed by atoms with Gasteiger partial charge in [0.25, 0.3) is 23.0 Å². The fourth-order valence-electron chi connectivity index (χ4n) is 13.2. The van der Waals surface area contributed by atoms with Crippen molar-refractivity contribution >= 4 is 50.9 Å². The topological polar surface area (TPSA) is 222 Å². The van der Waals surface area contributed by atoms with Gasteiger partial charge in [-0.25, -0.2) is 47.5 Å². The van der Waals surface area contributed by atoms with Crippen LogP contribution in [0.4, 0.5) is 35.0 Å². The third-order valence-electron chi connectivity index (χ3n) is 19.2. The molecule has 8 aromatic rings. The number of Topliss-reactive ketones (excluding diaryl/α,β-unsaturated/α-hetero) is 1. The van der Waals surface area contributed by atoms with Gasteiger partial charge in [0.1, 0.15) is 36.4 Å². The van der Waals surface area contributed by atoms with Gasteiger partial charge in [0.2, 0.25) is 5.91 Å². The number of ether oxygens (including phenoxy) is 2. The molecule has 3 saturated carbocycles. The zero-order valence-corrected chi connectivity index (χ0v) is 51.2. The molecular formula is C70H80F4N12O6. The molecule has 1 aliphatic heterocycles. The fourth-order valence-corrected chi connectivity index (χ4v) is 13.2. The summed E-state index contributed by atoms with van der Waals surface area (Å²) in [5.41, 5.74) is 8.26. The number of hydrogen-bond acceptors (Lipinski definition) is 15. The van der Waals surface area contributed by atoms with Crippen molar-refractivity contribution in [2.75, 3.05) is 29.2 Å². The molecule has 4 fully saturated rings. The number of pyridine rings is 2. The van der Waals surface area contributed by atoms with Crippen LogP contribution < -0.4 is 32.4 Å². The molecular weight excluding hydrogens is 1180 g/mol. The van der Waals surface area contributed by atoms with Gasteiger partial charge in [0.15, 0.2) is 12.1 Å². The average molecular weight is 1260 g/mol. The number of hydrogen-bond donors (Lipinski definition) is 4. The van der Waals surface area contributed by atoms with Gasteiger partial charge in [-0.05, 0) is 133 Å². The predicted molar refractivity (Wildman–Crippen MR) is 346 cm³/mol. The van der Waals surface area contributed by atoms with Crippen LogP contribution in [0.15, 0.2) is 108 Å². The summed E-state index contributed by atoms with van der Waals surface area (Å²) in [5, 5.41) is 14.8. The number of carbonyl (C=O) groups excluding carboxylic acids is 2. The van der Waals surface area contributed by atoms with Crippen molar-refractivity contribution in [1.29, 1.82) is 0 Å². The molecule has 0 radical (unpaired) electrons. The van der Waals surface area contributed by atoms with Crippen molar-refractivity contribution in [3.8, 4) is 0 Å². The Morgan fingerprint density at radius 3 is 1.49 bits per heavy atom. The Kier molecular flexibility index (Phi) is 17.6. The molecule has 6 aliphatic carbocycles. The van der Waals surface area contributed by atoms with Crippen LogP contribution in [0.5, 0.6) is 0 Å². The van der Waals surface area contributed by atoms with Crippen LogP contribution in [-0.2, 0) is 62.9 Å². The van der Waals surface area contributed by atoms with E-state index in [0.717, 1.165) is 89.1 Å². The number of rotatable bonds is 15. The largest absolute Gasteiger partial charge is 0.363 e. The first-order chi connectivity index (χ1) is 43.0. The molecule has 1 saturated heterocycles. The normalized spacial score (nSPS) is 19.4. The summed E-state index contributed by atoms with van der Waals surface area (Å²) in [6.45, 7) is 13.0. The third-order valence-corrected chi connectivity index (χ3v) is 19.2. The maximum atomic E-state index is 14.3. The van der Waals surface area contributed by atoms with Gasteiger partial charge in [-0.1, -0.05) is 69.5 Å². The fraction of sp³-hybridized carbons (Fsp3) is 0.457. The van der Waals surface area contributed by atoms with E-state index in [-0.39, 0.29) is 103 Å². The van der Waals surface area contributed by atoms with Crippen molar-refractivity contribution in [3.05, 3.63) is 180 Å². The van der Waals surface area contributed by atoms with Crippen LogP contribution >= 0.6 is 0 Å². The molecule has 15 rings (SSSR count). The Bertz CT molecular complexity index is 4290. The number of carbonyl (C=O) groups is 2. The number of nitrogens with zero attached hydrogens (tertiary/aromatic N) is 8. The Labute approximate surface area is 531 Å². The van der Waals surface area contributed by atoms with Crippen molar-refractivity contribution in [3.63, 3.8) is 0 Å². The minimum atomic E-state index is -2.80. The van der Waals surface area contributed by atoms with Crippen LogP contribution in [0.3, 0.4) is 0 Å². The third kappa shape index (κ3) is 12.8. The van der Waals surface area contributed by atoms with E-state index in [4.69, 9.17) is 9.47 Å². The molecule has 484 valence electrons. The van der Waals surface area contributed by atoms with E-state index < -0.39 is 18.1 Å². The Balaban J connectivity index is 0.000000140. The number of amides is 1. The smallest absolute Gasteiger partial charge is 0.273 e. The summed E-state index contributed by atoms with van der Waals surface area (Å²) in [6.07, 6.45) is 15.0. The highest BCUT2D eigenvalue weighted by Crippen LogP contribution is 2.48. The minimum Gasteiger partial charge on any atom is -0.363 e. The summed E-state index contributed by atoms with van der Waals surface area (Å²) in [7, 11) is 0. The Morgan fingerprint density at radius 2 is 1.01 bits per heavy atom. The van der Waals surface area contributed by atoms with E-state index in [1.807, 2.05) is 62.0 Å². The van der Waals surface area contributed by atoms with E-state index in [2.05, 4.69) is 78.0 Å². The highest BCUT2D eigenvalue weighted by Gasteiger charge is 2.44. The monoisotopic (exact) mass is 1260 g/mol. The molecule has 3 aromatic carbocycles. The van der Waals surface area contributed by atoms with Gasteiger partial charge in [0.05, 0.1) is 70.8 Å². The summed E-state index contributed by atoms with van der Waals surface area (Å²) >= 11 is 0. The first-order valence-electron chi connectivity index (χ1n) is 31.1. The van der Waals surface area contributed by atoms with Gasteiger partial charge in [-0.2, -0.15) is 0 Å². The Morgan fingerprint density at radius 1 is 0.565 bits per heavy atom. The number of nitrogens with one attached hydrogen (secondary N) is 4.